The second-order valence-electron chi connectivity index (χ2n) is 5.69. The molecule has 27 heavy (non-hydrogen) atoms. The summed E-state index contributed by atoms with van der Waals surface area (Å²) in [4.78, 5) is 30.5. The number of ketones is 2. The molecule has 0 bridgehead atoms. The van der Waals surface area contributed by atoms with Gasteiger partial charge in [-0.25, -0.2) is 0 Å². The van der Waals surface area contributed by atoms with Crippen molar-refractivity contribution in [3.8, 4) is 0 Å². The number of Topliss-reactive ketones (excluding diaryl/α,β-unsaturated/α-hetero) is 1. The Labute approximate surface area is 174 Å². The Morgan fingerprint density at radius 2 is 1.26 bits per heavy atom. The Morgan fingerprint density at radius 3 is 1.59 bits per heavy atom. The second kappa shape index (κ2) is 9.06. The van der Waals surface area contributed by atoms with Crippen LogP contribution < -0.4 is 11.5 Å². The van der Waals surface area contributed by atoms with Crippen molar-refractivity contribution in [2.24, 2.45) is 11.5 Å². The van der Waals surface area contributed by atoms with Gasteiger partial charge in [0, 0.05) is 55.7 Å². The van der Waals surface area contributed by atoms with Crippen molar-refractivity contribution in [1.82, 2.24) is 14.7 Å². The average Bonchev–Trinajstić information content (AvgIpc) is 3.34. The van der Waals surface area contributed by atoms with Crippen molar-refractivity contribution in [3.05, 3.63) is 23.2 Å². The van der Waals surface area contributed by atoms with E-state index in [-0.39, 0.29) is 36.2 Å². The van der Waals surface area contributed by atoms with Gasteiger partial charge in [0.2, 0.25) is 11.6 Å². The van der Waals surface area contributed by atoms with Gasteiger partial charge in [-0.3, -0.25) is 18.0 Å². The minimum atomic E-state index is -5.17. The molecule has 0 amide bonds. The van der Waals surface area contributed by atoms with Crippen LogP contribution in [0.4, 0.5) is 0 Å². The van der Waals surface area contributed by atoms with Crippen LogP contribution in [0.15, 0.2) is 23.2 Å². The fraction of sp³-hybridized carbons (Fsp3) is 0.462. The van der Waals surface area contributed by atoms with Crippen molar-refractivity contribution in [2.45, 2.75) is 0 Å². The summed E-state index contributed by atoms with van der Waals surface area (Å²) in [5.41, 5.74) is 11.1. The van der Waals surface area contributed by atoms with E-state index in [0.29, 0.717) is 17.1 Å². The quantitative estimate of drug-likeness (QED) is 0.107. The molecule has 11 nitrogen and oxygen atoms in total. The summed E-state index contributed by atoms with van der Waals surface area (Å²) in [6.45, 7) is 5.41. The number of hydrogen-bond acceptors (Lipinski definition) is 10. The molecule has 3 fully saturated rings. The number of allylic oxidation sites excluding steroid dienone is 1. The van der Waals surface area contributed by atoms with E-state index < -0.39 is 10.4 Å². The van der Waals surface area contributed by atoms with E-state index in [1.54, 1.807) is 0 Å². The van der Waals surface area contributed by atoms with Crippen LogP contribution in [-0.4, -0.2) is 88.2 Å². The molecule has 0 saturated carbocycles. The minimum Gasteiger partial charge on any atom is -0.759 e. The van der Waals surface area contributed by atoms with Crippen molar-refractivity contribution < 1.29 is 46.6 Å². The molecule has 3 aliphatic heterocycles. The molecule has 0 aromatic heterocycles. The summed E-state index contributed by atoms with van der Waals surface area (Å²) < 4.78 is 34.1. The summed E-state index contributed by atoms with van der Waals surface area (Å²) >= 11 is 4.09. The first-order valence-electron chi connectivity index (χ1n) is 7.50. The Morgan fingerprint density at radius 1 is 0.926 bits per heavy atom. The zero-order valence-corrected chi connectivity index (χ0v) is 18.9. The first-order chi connectivity index (χ1) is 12.0. The molecule has 0 spiro atoms. The van der Waals surface area contributed by atoms with E-state index in [1.165, 1.54) is 6.08 Å². The predicted octanol–water partition coefficient (Wildman–Crippen LogP) is -2.97. The number of carbonyl (C=O) groups excluding carboxylic acids is 2. The van der Waals surface area contributed by atoms with Crippen LogP contribution in [0.25, 0.3) is 0 Å². The maximum absolute atomic E-state index is 12.4. The molecule has 0 aromatic rings. The first kappa shape index (κ1) is 23.4. The van der Waals surface area contributed by atoms with E-state index in [9.17, 15) is 9.59 Å². The van der Waals surface area contributed by atoms with Gasteiger partial charge in [-0.2, -0.15) is 0 Å². The number of rotatable bonds is 3. The predicted molar refractivity (Wildman–Crippen MR) is 91.3 cm³/mol. The van der Waals surface area contributed by atoms with Crippen molar-refractivity contribution in [1.29, 1.82) is 0 Å². The third kappa shape index (κ3) is 7.89. The fourth-order valence-corrected chi connectivity index (χ4v) is 2.28. The van der Waals surface area contributed by atoms with Gasteiger partial charge in [-0.05, 0) is 12.2 Å². The van der Waals surface area contributed by atoms with Gasteiger partial charge in [-0.1, -0.05) is 0 Å². The Balaban J connectivity index is 0.000000312. The average molecular weight is 469 g/mol. The Hall–Kier alpha value is -1.60. The van der Waals surface area contributed by atoms with Gasteiger partial charge in [0.15, 0.2) is 5.11 Å². The molecule has 0 atom stereocenters. The number of hydrogen-bond donors (Lipinski definition) is 2. The molecule has 4 rings (SSSR count). The second-order valence-corrected chi connectivity index (χ2v) is 6.98. The van der Waals surface area contributed by atoms with Crippen molar-refractivity contribution in [3.63, 3.8) is 0 Å². The third-order valence-electron chi connectivity index (χ3n) is 3.49. The number of nitrogens with zero attached hydrogens (tertiary/aromatic N) is 3. The smallest absolute Gasteiger partial charge is 0.759 e. The summed E-state index contributed by atoms with van der Waals surface area (Å²) in [7, 11) is -5.17. The van der Waals surface area contributed by atoms with Crippen LogP contribution in [0, 0.1) is 0 Å². The van der Waals surface area contributed by atoms with E-state index in [4.69, 9.17) is 17.5 Å². The molecular formula is C13H17N5O6S2Zn. The van der Waals surface area contributed by atoms with Crippen LogP contribution in [0.5, 0.6) is 0 Å². The molecule has 14 heteroatoms. The van der Waals surface area contributed by atoms with Crippen LogP contribution in [0.2, 0.25) is 0 Å². The number of thiocarbonyl (C=S) groups is 1. The first-order valence-corrected chi connectivity index (χ1v) is 9.24. The van der Waals surface area contributed by atoms with E-state index in [2.05, 4.69) is 23.7 Å². The third-order valence-corrected chi connectivity index (χ3v) is 3.49. The monoisotopic (exact) mass is 467 g/mol. The van der Waals surface area contributed by atoms with Gasteiger partial charge in [0.05, 0.1) is 5.70 Å². The molecule has 0 radical (unpaired) electrons. The molecule has 4 aliphatic rings. The summed E-state index contributed by atoms with van der Waals surface area (Å²) in [5, 5.41) is 0.000000000000000222. The van der Waals surface area contributed by atoms with E-state index >= 15 is 0 Å². The van der Waals surface area contributed by atoms with Gasteiger partial charge in [-0.15, -0.1) is 0 Å². The normalized spacial score (nSPS) is 19.8. The summed E-state index contributed by atoms with van der Waals surface area (Å²) in [5.74, 6) is 0.0485. The molecule has 4 N–H and O–H groups in total. The molecular weight excluding hydrogens is 452 g/mol. The maximum atomic E-state index is 12.4. The number of nitrogens with two attached hydrogens (primary N) is 2. The van der Waals surface area contributed by atoms with E-state index in [0.717, 1.165) is 39.3 Å². The van der Waals surface area contributed by atoms with Crippen molar-refractivity contribution >= 4 is 39.3 Å². The van der Waals surface area contributed by atoms with Crippen molar-refractivity contribution in [2.75, 3.05) is 39.3 Å². The van der Waals surface area contributed by atoms with Gasteiger partial charge >= 0.3 is 19.5 Å². The molecule has 0 aromatic carbocycles. The van der Waals surface area contributed by atoms with Gasteiger partial charge in [0.25, 0.3) is 0 Å². The topological polar surface area (TPSA) is 175 Å². The maximum Gasteiger partial charge on any atom is 2.00 e. The minimum absolute atomic E-state index is 0. The van der Waals surface area contributed by atoms with Crippen LogP contribution in [-0.2, 0) is 39.5 Å². The van der Waals surface area contributed by atoms with Gasteiger partial charge < -0.3 is 35.3 Å². The fourth-order valence-electron chi connectivity index (χ4n) is 2.28. The number of carbonyl (C=O) groups is 2. The standard InChI is InChI=1S/C12H13N3O2.CH4N2S.H2O4S.Zn/c16-9-7-8(13-1-2-13)12(17)11(15-5-6-15)10(9)14-3-4-14;2-1(3)4;1-5(2,3)4;/h7H,1-6H2;(H4,2,3,4);(H2,1,2,3,4);/q;;;+2/p-2. The molecule has 1 aliphatic carbocycles. The van der Waals surface area contributed by atoms with Crippen LogP contribution in [0.3, 0.4) is 0 Å². The van der Waals surface area contributed by atoms with E-state index in [1.807, 2.05) is 14.7 Å². The SMILES string of the molecule is NC(N)=S.O=C1C=C(N2CC2)C(=O)C(N2CC2)=C1N1CC1.O=S(=O)([O-])[O-].[Zn+2]. The Kier molecular flexibility index (Phi) is 7.87. The molecule has 0 unspecified atom stereocenters. The summed E-state index contributed by atoms with van der Waals surface area (Å²) in [6.07, 6.45) is 1.52. The van der Waals surface area contributed by atoms with Gasteiger partial charge in [0.1, 0.15) is 11.4 Å². The molecule has 3 heterocycles. The largest absolute Gasteiger partial charge is 2.00 e. The van der Waals surface area contributed by atoms with Crippen LogP contribution in [0.1, 0.15) is 0 Å². The zero-order chi connectivity index (χ0) is 19.6. The van der Waals surface area contributed by atoms with Crippen LogP contribution >= 0.6 is 12.2 Å². The zero-order valence-electron chi connectivity index (χ0n) is 14.3. The summed E-state index contributed by atoms with van der Waals surface area (Å²) in [6, 6.07) is 0. The molecule has 144 valence electrons. The Bertz CT molecular complexity index is 788. The molecule has 3 saturated heterocycles.